The molecule has 0 aromatic carbocycles. The topological polar surface area (TPSA) is 163 Å². The van der Waals surface area contributed by atoms with Crippen molar-refractivity contribution in [2.24, 2.45) is 0 Å². The second kappa shape index (κ2) is 4.76. The summed E-state index contributed by atoms with van der Waals surface area (Å²) < 4.78 is 24.7. The van der Waals surface area contributed by atoms with Crippen LogP contribution in [0.15, 0.2) is 0 Å². The molecule has 0 aromatic rings. The molecule has 5 atom stereocenters. The molecule has 0 aliphatic carbocycles. The zero-order valence-electron chi connectivity index (χ0n) is 9.45. The van der Waals surface area contributed by atoms with Gasteiger partial charge in [0.1, 0.15) is 18.3 Å². The highest BCUT2D eigenvalue weighted by atomic mass is 31.2. The fourth-order valence-electron chi connectivity index (χ4n) is 2.13. The molecule has 110 valence electrons. The highest BCUT2D eigenvalue weighted by molar-refractivity contribution is 7.46. The average Bonchev–Trinajstić information content (AvgIpc) is 2.56. The van der Waals surface area contributed by atoms with Gasteiger partial charge in [-0.3, -0.25) is 4.52 Å². The fraction of sp³-hybridized carbons (Fsp3) is 0.875. The predicted octanol–water partition coefficient (Wildman–Crippen LogP) is -2.21. The maximum absolute atomic E-state index is 11.1. The largest absolute Gasteiger partial charge is 0.477 e. The summed E-state index contributed by atoms with van der Waals surface area (Å²) >= 11 is 0. The zero-order chi connectivity index (χ0) is 14.4. The van der Waals surface area contributed by atoms with Gasteiger partial charge in [-0.05, 0) is 0 Å². The molecule has 2 rings (SSSR count). The molecule has 2 fully saturated rings. The molecule has 2 heterocycles. The molecule has 0 aromatic heterocycles. The number of hydrogen-bond acceptors (Lipinski definition) is 7. The molecule has 5 N–H and O–H groups in total. The van der Waals surface area contributed by atoms with Crippen LogP contribution in [-0.4, -0.2) is 67.9 Å². The summed E-state index contributed by atoms with van der Waals surface area (Å²) in [4.78, 5) is 28.2. The normalized spacial score (nSPS) is 42.3. The minimum atomic E-state index is -4.78. The molecule has 2 saturated heterocycles. The van der Waals surface area contributed by atoms with Crippen LogP contribution in [0.2, 0.25) is 0 Å². The molecule has 2 bridgehead atoms. The molecule has 2 aliphatic heterocycles. The van der Waals surface area contributed by atoms with Crippen LogP contribution in [0.25, 0.3) is 0 Å². The van der Waals surface area contributed by atoms with Crippen LogP contribution in [0.3, 0.4) is 0 Å². The number of ether oxygens (including phenoxy) is 2. The standard InChI is InChI=1S/C8H13O10P/c9-3-1-8(7(11)12)17-4(2-16-19(13,14)15)5(10)6(3)18-8/h3-6,9-10H,1-2H2,(H,11,12)(H2,13,14,15)/t3-,4+,5+,6+,8+/m0/s1. The zero-order valence-corrected chi connectivity index (χ0v) is 10.3. The van der Waals surface area contributed by atoms with Crippen molar-refractivity contribution in [2.75, 3.05) is 6.61 Å². The van der Waals surface area contributed by atoms with Crippen LogP contribution in [0.5, 0.6) is 0 Å². The Hall–Kier alpha value is -0.580. The van der Waals surface area contributed by atoms with Crippen LogP contribution >= 0.6 is 7.82 Å². The third kappa shape index (κ3) is 2.81. The Morgan fingerprint density at radius 2 is 2.00 bits per heavy atom. The van der Waals surface area contributed by atoms with Crippen LogP contribution < -0.4 is 0 Å². The third-order valence-electron chi connectivity index (χ3n) is 2.98. The van der Waals surface area contributed by atoms with E-state index < -0.39 is 57.0 Å². The predicted molar refractivity (Wildman–Crippen MR) is 54.7 cm³/mol. The number of aliphatic hydroxyl groups excluding tert-OH is 2. The molecule has 11 heteroatoms. The number of carboxylic acids is 1. The molecular weight excluding hydrogens is 287 g/mol. The Labute approximate surface area is 106 Å². The van der Waals surface area contributed by atoms with Gasteiger partial charge in [0.2, 0.25) is 0 Å². The van der Waals surface area contributed by atoms with Crippen LogP contribution in [0.4, 0.5) is 0 Å². The lowest BCUT2D eigenvalue weighted by Gasteiger charge is -2.38. The number of hydrogen-bond donors (Lipinski definition) is 5. The maximum Gasteiger partial charge on any atom is 0.469 e. The monoisotopic (exact) mass is 300 g/mol. The van der Waals surface area contributed by atoms with E-state index >= 15 is 0 Å². The number of fused-ring (bicyclic) bond motifs is 2. The van der Waals surface area contributed by atoms with E-state index in [1.165, 1.54) is 0 Å². The van der Waals surface area contributed by atoms with Gasteiger partial charge in [0, 0.05) is 6.42 Å². The van der Waals surface area contributed by atoms with Crippen molar-refractivity contribution >= 4 is 13.8 Å². The van der Waals surface area contributed by atoms with Crippen molar-refractivity contribution in [3.05, 3.63) is 0 Å². The fourth-order valence-corrected chi connectivity index (χ4v) is 2.47. The van der Waals surface area contributed by atoms with Gasteiger partial charge in [-0.2, -0.15) is 0 Å². The Morgan fingerprint density at radius 1 is 1.37 bits per heavy atom. The van der Waals surface area contributed by atoms with Gasteiger partial charge >= 0.3 is 13.8 Å². The van der Waals surface area contributed by atoms with E-state index in [-0.39, 0.29) is 0 Å². The van der Waals surface area contributed by atoms with Gasteiger partial charge in [0.25, 0.3) is 5.79 Å². The first-order valence-electron chi connectivity index (χ1n) is 5.30. The van der Waals surface area contributed by atoms with E-state index in [1.54, 1.807) is 0 Å². The van der Waals surface area contributed by atoms with Gasteiger partial charge in [0.05, 0.1) is 12.7 Å². The smallest absolute Gasteiger partial charge is 0.469 e. The summed E-state index contributed by atoms with van der Waals surface area (Å²) in [6.07, 6.45) is -5.66. The van der Waals surface area contributed by atoms with Crippen LogP contribution in [0, 0.1) is 0 Å². The summed E-state index contributed by atoms with van der Waals surface area (Å²) in [5.41, 5.74) is 0. The highest BCUT2D eigenvalue weighted by Gasteiger charge is 2.61. The van der Waals surface area contributed by atoms with Crippen molar-refractivity contribution in [2.45, 2.75) is 36.6 Å². The molecule has 2 aliphatic rings. The van der Waals surface area contributed by atoms with Gasteiger partial charge in [-0.25, -0.2) is 9.36 Å². The number of aliphatic hydroxyl groups is 2. The van der Waals surface area contributed by atoms with Gasteiger partial charge in [0.15, 0.2) is 0 Å². The summed E-state index contributed by atoms with van der Waals surface area (Å²) in [5.74, 6) is -3.63. The Morgan fingerprint density at radius 3 is 2.53 bits per heavy atom. The Balaban J connectivity index is 2.14. The quantitative estimate of drug-likeness (QED) is 0.359. The number of aliphatic carboxylic acids is 1. The van der Waals surface area contributed by atoms with Gasteiger partial charge < -0.3 is 34.6 Å². The molecule has 0 radical (unpaired) electrons. The van der Waals surface area contributed by atoms with E-state index in [1.807, 2.05) is 0 Å². The Bertz CT molecular complexity index is 420. The van der Waals surface area contributed by atoms with Crippen molar-refractivity contribution in [1.29, 1.82) is 0 Å². The molecule has 0 spiro atoms. The molecule has 10 nitrogen and oxygen atoms in total. The lowest BCUT2D eigenvalue weighted by atomic mass is 10.0. The van der Waals surface area contributed by atoms with Crippen LogP contribution in [-0.2, 0) is 23.4 Å². The summed E-state index contributed by atoms with van der Waals surface area (Å²) in [7, 11) is -4.78. The average molecular weight is 300 g/mol. The highest BCUT2D eigenvalue weighted by Crippen LogP contribution is 2.42. The molecule has 0 unspecified atom stereocenters. The van der Waals surface area contributed by atoms with Crippen LogP contribution in [0.1, 0.15) is 6.42 Å². The number of phosphoric acid groups is 1. The summed E-state index contributed by atoms with van der Waals surface area (Å²) in [6.45, 7) is -0.729. The number of carboxylic acid groups (broad SMARTS) is 1. The molecule has 0 amide bonds. The van der Waals surface area contributed by atoms with Crippen molar-refractivity contribution < 1.29 is 48.5 Å². The van der Waals surface area contributed by atoms with E-state index in [2.05, 4.69) is 4.52 Å². The number of carbonyl (C=O) groups is 1. The SMILES string of the molecule is O=C(O)[C@@]12C[C@H](O)[C@@H](O1)[C@H](O)[C@@H](COP(=O)(O)O)O2. The first-order valence-corrected chi connectivity index (χ1v) is 6.83. The van der Waals surface area contributed by atoms with Crippen molar-refractivity contribution in [3.63, 3.8) is 0 Å². The molecule has 19 heavy (non-hydrogen) atoms. The van der Waals surface area contributed by atoms with Gasteiger partial charge in [-0.1, -0.05) is 0 Å². The van der Waals surface area contributed by atoms with E-state index in [4.69, 9.17) is 24.4 Å². The van der Waals surface area contributed by atoms with Gasteiger partial charge in [-0.15, -0.1) is 0 Å². The lowest BCUT2D eigenvalue weighted by molar-refractivity contribution is -0.313. The summed E-state index contributed by atoms with van der Waals surface area (Å²) in [6, 6.07) is 0. The number of rotatable bonds is 4. The lowest BCUT2D eigenvalue weighted by Crippen LogP contribution is -2.56. The number of phosphoric ester groups is 1. The maximum atomic E-state index is 11.1. The second-order valence-corrected chi connectivity index (χ2v) is 5.58. The minimum Gasteiger partial charge on any atom is -0.477 e. The second-order valence-electron chi connectivity index (χ2n) is 4.35. The van der Waals surface area contributed by atoms with Crippen molar-refractivity contribution in [1.82, 2.24) is 0 Å². The summed E-state index contributed by atoms with van der Waals surface area (Å²) in [5, 5.41) is 28.4. The van der Waals surface area contributed by atoms with E-state index in [0.29, 0.717) is 0 Å². The minimum absolute atomic E-state index is 0.392. The Kier molecular flexibility index (Phi) is 3.71. The van der Waals surface area contributed by atoms with Crippen molar-refractivity contribution in [3.8, 4) is 0 Å². The third-order valence-corrected chi connectivity index (χ3v) is 3.46. The van der Waals surface area contributed by atoms with E-state index in [0.717, 1.165) is 0 Å². The first-order chi connectivity index (χ1) is 8.65. The first kappa shape index (κ1) is 14.8. The molecular formula is C8H13O10P. The molecule has 0 saturated carbocycles. The van der Waals surface area contributed by atoms with E-state index in [9.17, 15) is 19.6 Å².